The fraction of sp³-hybridized carbons (Fsp3) is 0.526. The van der Waals surface area contributed by atoms with Crippen LogP contribution in [0.5, 0.6) is 5.75 Å². The number of carbonyl (C=O) groups excluding carboxylic acids is 12. The third-order valence-corrected chi connectivity index (χ3v) is 24.9. The Kier molecular flexibility index (Phi) is 72.7. The van der Waals surface area contributed by atoms with Gasteiger partial charge in [-0.25, -0.2) is 28.8 Å². The summed E-state index contributed by atoms with van der Waals surface area (Å²) in [5.41, 5.74) is 9.68. The lowest BCUT2D eigenvalue weighted by Gasteiger charge is -2.29. The highest BCUT2D eigenvalue weighted by atomic mass is 35.5. The second-order valence-electron chi connectivity index (χ2n) is 39.1. The van der Waals surface area contributed by atoms with Crippen molar-refractivity contribution in [3.8, 4) is 5.75 Å². The van der Waals surface area contributed by atoms with Crippen LogP contribution in [0.3, 0.4) is 0 Å². The third-order valence-electron chi connectivity index (χ3n) is 22.2. The Morgan fingerprint density at radius 3 is 1.07 bits per heavy atom. The molecule has 3 aliphatic rings. The molecule has 28 nitrogen and oxygen atoms in total. The van der Waals surface area contributed by atoms with Gasteiger partial charge in [0.15, 0.2) is 17.3 Å². The van der Waals surface area contributed by atoms with Crippen LogP contribution in [-0.4, -0.2) is 175 Å². The van der Waals surface area contributed by atoms with Gasteiger partial charge in [0.05, 0.1) is 23.0 Å². The number of hydrogen-bond donors (Lipinski definition) is 7. The lowest BCUT2D eigenvalue weighted by Crippen LogP contribution is -2.48. The number of alkyl carbamates (subject to hydrolysis) is 2. The van der Waals surface area contributed by atoms with E-state index >= 15 is 0 Å². The molecule has 0 aromatic heterocycles. The normalized spacial score (nSPS) is 17.6. The third kappa shape index (κ3) is 66.3. The molecule has 0 saturated heterocycles. The maximum absolute atomic E-state index is 13.2. The molecular weight excluding hydrogens is 2040 g/mol. The number of thiol groups is 2. The number of carbonyl (C=O) groups is 12. The molecule has 0 fully saturated rings. The SMILES string of the molecule is CC1=CC[C@@H]([C@@H](C)/C=C(C)/C=C\C=C/C(=O)N[C@H](C(=O)C/C=C\C[C@H](C/C=C(\C)Cl)OC(=O)NCCCS)C(C)(C)C)OC1=O.CC1=CC[C@@H]([C@@H](C)/C=C(C)/C=C\C=C/C(=O)N[C@H](C(=O)C/C=C\C[C@H](C/C=C(\C)Cl)OC(=O)Oc2ccc([N+](=O)[O-])cc2)C(C)(C)C)OC1=O.CCCC[NH-].CS.CSSCCCNC(=O)O[C@H](C/C=C\CC(=O)[C@@H](NC(=O)\C=C/C=C\C(C)=C\[C@H](C)[C@@H]1CC=C(C)C(=O)O1)C(C)(C)C)C/C=C(\C)Cl. The van der Waals surface area contributed by atoms with Crippen molar-refractivity contribution in [2.75, 3.05) is 43.7 Å². The Morgan fingerprint density at radius 1 is 0.490 bits per heavy atom. The van der Waals surface area contributed by atoms with Crippen molar-refractivity contribution < 1.29 is 95.6 Å². The minimum atomic E-state index is -0.993. The Balaban J connectivity index is 0.00000214. The molecule has 5 amide bonds. The van der Waals surface area contributed by atoms with Crippen molar-refractivity contribution in [3.05, 3.63) is 253 Å². The number of allylic oxidation sites excluding steroid dienone is 18. The maximum atomic E-state index is 13.2. The van der Waals surface area contributed by atoms with Gasteiger partial charge in [-0.05, 0) is 122 Å². The molecule has 0 bridgehead atoms. The summed E-state index contributed by atoms with van der Waals surface area (Å²) in [6, 6.07) is 2.83. The number of hydrogen-bond acceptors (Lipinski definition) is 25. The first-order valence-corrected chi connectivity index (χ1v) is 55.6. The van der Waals surface area contributed by atoms with E-state index in [9.17, 15) is 67.6 Å². The zero-order chi connectivity index (χ0) is 113. The van der Waals surface area contributed by atoms with Crippen molar-refractivity contribution >= 4 is 159 Å². The number of benzene rings is 1. The van der Waals surface area contributed by atoms with Crippen LogP contribution in [0, 0.1) is 44.1 Å². The van der Waals surface area contributed by atoms with Crippen LogP contribution in [0.2, 0.25) is 0 Å². The van der Waals surface area contributed by atoms with E-state index < -0.39 is 81.9 Å². The number of unbranched alkanes of at least 4 members (excludes halogenated alkanes) is 1. The summed E-state index contributed by atoms with van der Waals surface area (Å²) in [5.74, 6) is -0.654. The molecule has 828 valence electrons. The molecule has 1 aromatic carbocycles. The second-order valence-corrected chi connectivity index (χ2v) is 44.0. The van der Waals surface area contributed by atoms with Crippen LogP contribution in [0.15, 0.2) is 237 Å². The number of non-ortho nitro benzene ring substituents is 1. The molecule has 35 heteroatoms. The molecule has 12 atom stereocenters. The summed E-state index contributed by atoms with van der Waals surface area (Å²) in [5, 5.41) is 26.5. The van der Waals surface area contributed by atoms with E-state index in [0.29, 0.717) is 102 Å². The average Bonchev–Trinajstić information content (AvgIpc) is 0.886. The standard InChI is InChI=1S/C38H47ClN2O9.C36H53ClN2O6S2.C35H51ClN2O6S.C4H10N.CH4S/c1-25(24-27(3)33-23-16-26(2)36(44)50-33)12-8-11-15-34(43)40-35(38(5,6)7)32(42)14-10-9-13-30(20-17-28(4)39)48-37(45)49-31-21-18-29(19-22-31)41(46)47;1-25(24-27(3)31-21-18-26(2)34(42)45-31)14-9-12-17-32(41)39-33(36(5,6)7)30(40)16-11-10-15-29(20-19-28(4)37)44-35(43)38-22-13-23-47-46-8;1-24(23-26(3)30-20-17-25(2)33(41)44-30)13-8-11-16-31(40)38-32(35(5,6)7)29(39)15-10-9-14-28(19-18-27(4)36)43-34(42)37-21-12-22-45;1-2-3-4-5;1-2/h8-12,15-19,21-22,24,27,30,33,35H,13-14,20,23H2,1-7H3,(H,40,43);9-12,14,17-19,24,27,29,31,33H,13,15-16,20-23H2,1-8H3,(H,38,43)(H,39,41);8-11,13,16-18,23,26,28,30,32,45H,12,14-15,19-22H2,1-7H3,(H,37,42)(H,38,40);5H,2-4H2,1H3;2H,1H3/q;;;-1;/b10-9-,12-8-,15-11-,25-24+,28-17+;11-10-,14-9-,17-12-,25-24+,28-19+;10-9-,13-8-,16-11-,24-23+,27-18+;;/t27-,30+,33-,35+;27-,29+,31-,33+;26-,28+,30-,32+;;/m000../s1. The number of Topliss-reactive ketones (excluding diaryl/α,β-unsaturated/α-hetero) is 3. The van der Waals surface area contributed by atoms with Crippen molar-refractivity contribution in [2.45, 2.75) is 310 Å². The average molecular weight is 2200 g/mol. The summed E-state index contributed by atoms with van der Waals surface area (Å²) in [6.07, 6.45) is 55.3. The highest BCUT2D eigenvalue weighted by molar-refractivity contribution is 8.76. The fourth-order valence-corrected chi connectivity index (χ4v) is 15.6. The van der Waals surface area contributed by atoms with Gasteiger partial charge >= 0.3 is 36.2 Å². The van der Waals surface area contributed by atoms with Gasteiger partial charge in [-0.2, -0.15) is 31.8 Å². The van der Waals surface area contributed by atoms with Gasteiger partial charge < -0.3 is 65.5 Å². The quantitative estimate of drug-likeness (QED) is 0.00272. The molecular formula is C114H165Cl3N7O21S4-. The predicted molar refractivity (Wildman–Crippen MR) is 614 cm³/mol. The van der Waals surface area contributed by atoms with Gasteiger partial charge in [0.2, 0.25) is 17.7 Å². The number of ketones is 3. The number of cyclic esters (lactones) is 3. The summed E-state index contributed by atoms with van der Waals surface area (Å²) in [4.78, 5) is 160. The molecule has 1 aromatic rings. The van der Waals surface area contributed by atoms with Crippen LogP contribution in [0.1, 0.15) is 255 Å². The molecule has 6 N–H and O–H groups in total. The molecule has 0 saturated carbocycles. The summed E-state index contributed by atoms with van der Waals surface area (Å²) >= 11 is 25.6. The Labute approximate surface area is 920 Å². The molecule has 3 heterocycles. The summed E-state index contributed by atoms with van der Waals surface area (Å²) < 4.78 is 38.1. The first-order chi connectivity index (χ1) is 70.1. The van der Waals surface area contributed by atoms with Crippen molar-refractivity contribution in [1.82, 2.24) is 26.6 Å². The van der Waals surface area contributed by atoms with Gasteiger partial charge in [-0.15, -0.1) is 0 Å². The van der Waals surface area contributed by atoms with Crippen LogP contribution in [-0.2, 0) is 71.6 Å². The predicted octanol–water partition coefficient (Wildman–Crippen LogP) is 26.5. The van der Waals surface area contributed by atoms with Crippen molar-refractivity contribution in [3.63, 3.8) is 0 Å². The van der Waals surface area contributed by atoms with Crippen LogP contribution < -0.4 is 31.3 Å². The van der Waals surface area contributed by atoms with E-state index in [2.05, 4.69) is 58.8 Å². The van der Waals surface area contributed by atoms with Crippen LogP contribution >= 0.6 is 81.6 Å². The highest BCUT2D eigenvalue weighted by Gasteiger charge is 2.36. The maximum Gasteiger partial charge on any atom is 0.514 e. The number of nitro benzene ring substituents is 1. The summed E-state index contributed by atoms with van der Waals surface area (Å²) in [7, 11) is 3.43. The zero-order valence-electron chi connectivity index (χ0n) is 91.5. The number of nitrogens with one attached hydrogen (secondary N) is 6. The topological polar surface area (TPSA) is 397 Å². The number of rotatable bonds is 54. The smallest absolute Gasteiger partial charge is 0.514 e. The van der Waals surface area contributed by atoms with E-state index in [0.717, 1.165) is 48.2 Å². The van der Waals surface area contributed by atoms with Crippen LogP contribution in [0.25, 0.3) is 5.73 Å². The first kappa shape index (κ1) is 139. The molecule has 0 spiro atoms. The van der Waals surface area contributed by atoms with Crippen LogP contribution in [0.4, 0.5) is 20.1 Å². The monoisotopic (exact) mass is 2200 g/mol. The largest absolute Gasteiger partial charge is 0.677 e. The Morgan fingerprint density at radius 2 is 0.799 bits per heavy atom. The van der Waals surface area contributed by atoms with E-state index in [1.54, 1.807) is 154 Å². The zero-order valence-corrected chi connectivity index (χ0v) is 97.2. The Hall–Kier alpha value is -10.2. The number of amides is 5. The van der Waals surface area contributed by atoms with Gasteiger partial charge in [0.1, 0.15) is 42.4 Å². The lowest BCUT2D eigenvalue weighted by molar-refractivity contribution is -0.384. The van der Waals surface area contributed by atoms with E-state index in [4.69, 9.17) is 73.7 Å². The minimum absolute atomic E-state index is 0.0175. The van der Waals surface area contributed by atoms with Gasteiger partial charge in [0, 0.05) is 176 Å². The number of nitro groups is 1. The van der Waals surface area contributed by atoms with Gasteiger partial charge in [-0.3, -0.25) is 38.9 Å². The molecule has 149 heavy (non-hydrogen) atoms. The highest BCUT2D eigenvalue weighted by Crippen LogP contribution is 2.30. The molecule has 0 unspecified atom stereocenters. The number of esters is 3. The summed E-state index contributed by atoms with van der Waals surface area (Å²) in [6.45, 7) is 42.9. The number of nitrogens with zero attached hydrogens (tertiary/aromatic N) is 1. The molecule has 0 aliphatic carbocycles. The molecule has 4 rings (SSSR count). The molecule has 3 aliphatic heterocycles. The van der Waals surface area contributed by atoms with E-state index in [1.807, 2.05) is 171 Å². The molecule has 0 radical (unpaired) electrons. The minimum Gasteiger partial charge on any atom is -0.677 e. The van der Waals surface area contributed by atoms with Gasteiger partial charge in [0.25, 0.3) is 5.69 Å². The first-order valence-electron chi connectivity index (χ1n) is 50.2. The van der Waals surface area contributed by atoms with E-state index in [1.165, 1.54) is 42.5 Å². The van der Waals surface area contributed by atoms with Gasteiger partial charge in [-0.1, -0.05) is 322 Å². The second kappa shape index (κ2) is 78.0. The van der Waals surface area contributed by atoms with Crippen molar-refractivity contribution in [1.29, 1.82) is 0 Å². The number of halogens is 3. The lowest BCUT2D eigenvalue weighted by atomic mass is 9.83. The van der Waals surface area contributed by atoms with E-state index in [-0.39, 0.29) is 127 Å². The Bertz CT molecular complexity index is 5000. The number of ether oxygens (including phenoxy) is 7. The van der Waals surface area contributed by atoms with Crippen molar-refractivity contribution in [2.24, 2.45) is 34.0 Å². The fourth-order valence-electron chi connectivity index (χ4n) is 13.9.